The fourth-order valence-corrected chi connectivity index (χ4v) is 7.74. The Balaban J connectivity index is 1.59. The maximum atomic E-state index is 13.0. The van der Waals surface area contributed by atoms with E-state index in [9.17, 15) is 21.6 Å². The van der Waals surface area contributed by atoms with Crippen LogP contribution in [0.2, 0.25) is 0 Å². The number of hydrogen-bond acceptors (Lipinski definition) is 5. The molecule has 0 unspecified atom stereocenters. The van der Waals surface area contributed by atoms with Gasteiger partial charge in [0.05, 0.1) is 4.88 Å². The Bertz CT molecular complexity index is 1000. The highest BCUT2D eigenvalue weighted by Gasteiger charge is 2.60. The predicted molar refractivity (Wildman–Crippen MR) is 98.2 cm³/mol. The lowest BCUT2D eigenvalue weighted by molar-refractivity contribution is -0.155. The molecule has 2 saturated carbocycles. The molecule has 154 valence electrons. The number of alkyl halides is 3. The highest BCUT2D eigenvalue weighted by molar-refractivity contribution is 7.91. The molecular weight excluding hydrogens is 413 g/mol. The van der Waals surface area contributed by atoms with Crippen LogP contribution in [0.5, 0.6) is 0 Å². The zero-order valence-electron chi connectivity index (χ0n) is 15.6. The van der Waals surface area contributed by atoms with Gasteiger partial charge >= 0.3 is 6.18 Å². The number of fused-ring (bicyclic) bond motifs is 2. The normalized spacial score (nSPS) is 29.5. The Labute approximate surface area is 165 Å². The zero-order valence-corrected chi connectivity index (χ0v) is 17.3. The Kier molecular flexibility index (Phi) is 4.31. The molecule has 2 aliphatic carbocycles. The second kappa shape index (κ2) is 6.06. The first-order chi connectivity index (χ1) is 12.8. The van der Waals surface area contributed by atoms with Crippen molar-refractivity contribution in [1.29, 1.82) is 0 Å². The van der Waals surface area contributed by atoms with Gasteiger partial charge in [-0.2, -0.15) is 13.2 Å². The van der Waals surface area contributed by atoms with Crippen LogP contribution in [0.1, 0.15) is 45.8 Å². The van der Waals surface area contributed by atoms with Crippen molar-refractivity contribution in [2.75, 3.05) is 0 Å². The van der Waals surface area contributed by atoms with Crippen LogP contribution in [0.3, 0.4) is 0 Å². The van der Waals surface area contributed by atoms with E-state index in [-0.39, 0.29) is 26.8 Å². The lowest BCUT2D eigenvalue weighted by atomic mass is 9.69. The molecule has 2 bridgehead atoms. The van der Waals surface area contributed by atoms with Crippen LogP contribution in [0, 0.1) is 16.7 Å². The molecule has 4 rings (SSSR count). The number of aromatic nitrogens is 1. The van der Waals surface area contributed by atoms with Gasteiger partial charge in [-0.3, -0.25) is 0 Å². The van der Waals surface area contributed by atoms with Crippen LogP contribution < -0.4 is 4.72 Å². The van der Waals surface area contributed by atoms with Crippen molar-refractivity contribution in [2.45, 2.75) is 56.5 Å². The van der Waals surface area contributed by atoms with Crippen LogP contribution in [0.25, 0.3) is 10.6 Å². The van der Waals surface area contributed by atoms with Gasteiger partial charge in [-0.25, -0.2) is 13.1 Å². The van der Waals surface area contributed by atoms with Gasteiger partial charge in [0.1, 0.15) is 9.90 Å². The summed E-state index contributed by atoms with van der Waals surface area (Å²) in [5.74, 6) is -0.727. The lowest BCUT2D eigenvalue weighted by Crippen LogP contribution is -2.52. The van der Waals surface area contributed by atoms with Crippen molar-refractivity contribution in [3.8, 4) is 10.6 Å². The molecule has 0 radical (unpaired) electrons. The quantitative estimate of drug-likeness (QED) is 0.742. The first-order valence-corrected chi connectivity index (χ1v) is 11.3. The number of nitrogens with one attached hydrogen (secondary N) is 1. The zero-order chi connectivity index (χ0) is 20.5. The molecule has 1 N–H and O–H groups in total. The minimum Gasteiger partial charge on any atom is -0.351 e. The molecule has 0 aliphatic heterocycles. The van der Waals surface area contributed by atoms with Crippen molar-refractivity contribution < 1.29 is 26.1 Å². The van der Waals surface area contributed by atoms with E-state index in [2.05, 4.69) is 35.2 Å². The molecule has 2 fully saturated rings. The highest BCUT2D eigenvalue weighted by atomic mass is 32.2. The third kappa shape index (κ3) is 3.09. The second-order valence-electron chi connectivity index (χ2n) is 8.66. The number of thiophene rings is 1. The summed E-state index contributed by atoms with van der Waals surface area (Å²) < 4.78 is 71.3. The predicted octanol–water partition coefficient (Wildman–Crippen LogP) is 4.92. The summed E-state index contributed by atoms with van der Waals surface area (Å²) >= 11 is 0.879. The Hall–Kier alpha value is -1.39. The van der Waals surface area contributed by atoms with E-state index in [4.69, 9.17) is 0 Å². The largest absolute Gasteiger partial charge is 0.452 e. The SMILES string of the molecule is CC1(C)[C@@H]2CC[C@@](C)(C2)[C@@H]1NS(=O)(=O)c1ccc(-c2cc(C(F)(F)F)on2)s1. The topological polar surface area (TPSA) is 72.2 Å². The molecule has 3 atom stereocenters. The molecule has 10 heteroatoms. The molecule has 2 aliphatic rings. The van der Waals surface area contributed by atoms with Gasteiger partial charge in [-0.1, -0.05) is 25.9 Å². The summed E-state index contributed by atoms with van der Waals surface area (Å²) in [6, 6.07) is 3.44. The smallest absolute Gasteiger partial charge is 0.351 e. The van der Waals surface area contributed by atoms with Crippen LogP contribution in [-0.2, 0) is 16.2 Å². The summed E-state index contributed by atoms with van der Waals surface area (Å²) in [5.41, 5.74) is -0.255. The van der Waals surface area contributed by atoms with Gasteiger partial charge in [-0.15, -0.1) is 11.3 Å². The fourth-order valence-electron chi connectivity index (χ4n) is 4.94. The number of hydrogen-bond donors (Lipinski definition) is 1. The molecule has 0 amide bonds. The summed E-state index contributed by atoms with van der Waals surface area (Å²) in [6.07, 6.45) is -1.54. The minimum absolute atomic E-state index is 0.0361. The summed E-state index contributed by atoms with van der Waals surface area (Å²) in [6.45, 7) is 6.33. The molecule has 2 heterocycles. The van der Waals surface area contributed by atoms with Crippen molar-refractivity contribution in [2.24, 2.45) is 16.7 Å². The van der Waals surface area contributed by atoms with Crippen molar-refractivity contribution >= 4 is 21.4 Å². The summed E-state index contributed by atoms with van der Waals surface area (Å²) in [4.78, 5) is 0.304. The molecule has 0 saturated heterocycles. The maximum Gasteiger partial charge on any atom is 0.452 e. The molecule has 5 nitrogen and oxygen atoms in total. The van der Waals surface area contributed by atoms with Crippen molar-refractivity contribution in [1.82, 2.24) is 9.88 Å². The summed E-state index contributed by atoms with van der Waals surface area (Å²) in [7, 11) is -3.80. The van der Waals surface area contributed by atoms with Gasteiger partial charge in [0.2, 0.25) is 15.8 Å². The molecule has 28 heavy (non-hydrogen) atoms. The molecule has 2 aromatic rings. The molecule has 0 aromatic carbocycles. The van der Waals surface area contributed by atoms with Gasteiger partial charge < -0.3 is 4.52 Å². The van der Waals surface area contributed by atoms with Gasteiger partial charge in [0.15, 0.2) is 0 Å². The standard InChI is InChI=1S/C18H21F3N2O3S2/c1-16(2)10-6-7-17(3,9-10)15(16)23-28(24,25)14-5-4-12(27-14)11-8-13(26-22-11)18(19,20)21/h4-5,8,10,15,23H,6-7,9H2,1-3H3/t10-,15-,17+/m1/s1. The van der Waals surface area contributed by atoms with E-state index in [1.807, 2.05) is 0 Å². The Morgan fingerprint density at radius 2 is 2.00 bits per heavy atom. The van der Waals surface area contributed by atoms with Gasteiger partial charge in [0.25, 0.3) is 0 Å². The average Bonchev–Trinajstić information content (AvgIpc) is 3.31. The van der Waals surface area contributed by atoms with E-state index < -0.39 is 22.0 Å². The van der Waals surface area contributed by atoms with E-state index in [0.29, 0.717) is 10.8 Å². The maximum absolute atomic E-state index is 13.0. The van der Waals surface area contributed by atoms with Crippen molar-refractivity contribution in [3.05, 3.63) is 24.0 Å². The van der Waals surface area contributed by atoms with Crippen LogP contribution in [0.4, 0.5) is 13.2 Å². The number of rotatable bonds is 4. The van der Waals surface area contributed by atoms with Crippen LogP contribution in [0.15, 0.2) is 26.9 Å². The molecular formula is C18H21F3N2O3S2. The monoisotopic (exact) mass is 434 g/mol. The van der Waals surface area contributed by atoms with E-state index >= 15 is 0 Å². The lowest BCUT2D eigenvalue weighted by Gasteiger charge is -2.42. The third-order valence-corrected chi connectivity index (χ3v) is 9.45. The number of nitrogens with zero attached hydrogens (tertiary/aromatic N) is 1. The van der Waals surface area contributed by atoms with E-state index in [1.54, 1.807) is 0 Å². The second-order valence-corrected chi connectivity index (χ2v) is 11.7. The number of halogens is 3. The fraction of sp³-hybridized carbons (Fsp3) is 0.611. The van der Waals surface area contributed by atoms with Crippen LogP contribution in [-0.4, -0.2) is 19.6 Å². The minimum atomic E-state index is -4.64. The first kappa shape index (κ1) is 19.9. The van der Waals surface area contributed by atoms with Gasteiger partial charge in [0, 0.05) is 12.1 Å². The van der Waals surface area contributed by atoms with E-state index in [1.165, 1.54) is 12.1 Å². The highest BCUT2D eigenvalue weighted by Crippen LogP contribution is 2.62. The summed E-state index contributed by atoms with van der Waals surface area (Å²) in [5, 5.41) is 3.42. The van der Waals surface area contributed by atoms with E-state index in [0.717, 1.165) is 36.7 Å². The van der Waals surface area contributed by atoms with Gasteiger partial charge in [-0.05, 0) is 48.1 Å². The Morgan fingerprint density at radius 3 is 2.57 bits per heavy atom. The number of sulfonamides is 1. The molecule has 0 spiro atoms. The average molecular weight is 435 g/mol. The van der Waals surface area contributed by atoms with Crippen LogP contribution >= 0.6 is 11.3 Å². The third-order valence-electron chi connectivity index (χ3n) is 6.43. The first-order valence-electron chi connectivity index (χ1n) is 8.99. The van der Waals surface area contributed by atoms with Crippen molar-refractivity contribution in [3.63, 3.8) is 0 Å². The molecule has 2 aromatic heterocycles. The Morgan fingerprint density at radius 1 is 1.29 bits per heavy atom.